The van der Waals surface area contributed by atoms with Crippen LogP contribution in [0, 0.1) is 11.3 Å². The van der Waals surface area contributed by atoms with Gasteiger partial charge in [0.2, 0.25) is 0 Å². The van der Waals surface area contributed by atoms with Crippen LogP contribution in [0.3, 0.4) is 0 Å². The Bertz CT molecular complexity index is 364. The highest BCUT2D eigenvalue weighted by atomic mass is 16.5. The van der Waals surface area contributed by atoms with Crippen LogP contribution in [0.2, 0.25) is 0 Å². The van der Waals surface area contributed by atoms with Crippen molar-refractivity contribution in [3.63, 3.8) is 0 Å². The molecule has 5 nitrogen and oxygen atoms in total. The van der Waals surface area contributed by atoms with Crippen molar-refractivity contribution < 1.29 is 4.74 Å². The molecule has 0 amide bonds. The summed E-state index contributed by atoms with van der Waals surface area (Å²) in [5.74, 6) is 1.65. The first kappa shape index (κ1) is 16.1. The van der Waals surface area contributed by atoms with Gasteiger partial charge >= 0.3 is 0 Å². The summed E-state index contributed by atoms with van der Waals surface area (Å²) in [5.41, 5.74) is 0.174. The Morgan fingerprint density at radius 1 is 1.47 bits per heavy atom. The maximum atomic E-state index is 5.07. The molecule has 19 heavy (non-hydrogen) atoms. The molecule has 0 fully saturated rings. The van der Waals surface area contributed by atoms with E-state index in [2.05, 4.69) is 43.1 Å². The van der Waals surface area contributed by atoms with Gasteiger partial charge in [0.05, 0.1) is 6.61 Å². The topological polar surface area (TPSA) is 52.0 Å². The first-order valence-electron chi connectivity index (χ1n) is 7.10. The molecule has 0 aliphatic carbocycles. The third-order valence-corrected chi connectivity index (χ3v) is 3.96. The van der Waals surface area contributed by atoms with Crippen LogP contribution in [-0.2, 0) is 17.7 Å². The van der Waals surface area contributed by atoms with E-state index in [0.29, 0.717) is 5.92 Å². The fraction of sp³-hybridized carbons (Fsp3) is 0.857. The highest BCUT2D eigenvalue weighted by molar-refractivity contribution is 4.94. The van der Waals surface area contributed by atoms with Gasteiger partial charge in [0.1, 0.15) is 12.2 Å². The number of nitrogens with zero attached hydrogens (tertiary/aromatic N) is 3. The minimum absolute atomic E-state index is 0.174. The Labute approximate surface area is 116 Å². The molecule has 110 valence electrons. The third-order valence-electron chi connectivity index (χ3n) is 3.96. The highest BCUT2D eigenvalue weighted by Gasteiger charge is 2.30. The van der Waals surface area contributed by atoms with Gasteiger partial charge in [0, 0.05) is 33.2 Å². The number of ether oxygens (including phenoxy) is 1. The van der Waals surface area contributed by atoms with Gasteiger partial charge in [-0.25, -0.2) is 4.98 Å². The molecule has 0 bridgehead atoms. The van der Waals surface area contributed by atoms with E-state index in [1.54, 1.807) is 13.4 Å². The maximum absolute atomic E-state index is 5.07. The fourth-order valence-corrected chi connectivity index (χ4v) is 2.07. The van der Waals surface area contributed by atoms with Crippen LogP contribution < -0.4 is 5.32 Å². The summed E-state index contributed by atoms with van der Waals surface area (Å²) < 4.78 is 7.05. The van der Waals surface area contributed by atoms with E-state index in [1.165, 1.54) is 0 Å². The average molecular weight is 268 g/mol. The highest BCUT2D eigenvalue weighted by Crippen LogP contribution is 2.30. The maximum Gasteiger partial charge on any atom is 0.138 e. The Morgan fingerprint density at radius 2 is 2.21 bits per heavy atom. The second kappa shape index (κ2) is 7.60. The molecule has 0 aliphatic heterocycles. The number of rotatable bonds is 9. The normalized spacial score (nSPS) is 14.8. The van der Waals surface area contributed by atoms with Crippen LogP contribution in [0.1, 0.15) is 33.5 Å². The van der Waals surface area contributed by atoms with E-state index < -0.39 is 0 Å². The van der Waals surface area contributed by atoms with E-state index in [-0.39, 0.29) is 5.41 Å². The first-order valence-corrected chi connectivity index (χ1v) is 7.10. The quantitative estimate of drug-likeness (QED) is 0.693. The molecular formula is C14H28N4O. The van der Waals surface area contributed by atoms with Crippen molar-refractivity contribution in [2.75, 3.05) is 26.8 Å². The Hall–Kier alpha value is -0.940. The fourth-order valence-electron chi connectivity index (χ4n) is 2.07. The summed E-state index contributed by atoms with van der Waals surface area (Å²) in [5, 5.41) is 7.73. The van der Waals surface area contributed by atoms with E-state index in [0.717, 1.165) is 38.5 Å². The molecule has 1 N–H and O–H groups in total. The second-order valence-electron chi connectivity index (χ2n) is 5.65. The van der Waals surface area contributed by atoms with Crippen LogP contribution in [-0.4, -0.2) is 41.6 Å². The largest absolute Gasteiger partial charge is 0.383 e. The molecule has 0 aromatic carbocycles. The number of hydrogen-bond donors (Lipinski definition) is 1. The van der Waals surface area contributed by atoms with Crippen LogP contribution in [0.15, 0.2) is 6.33 Å². The van der Waals surface area contributed by atoms with Gasteiger partial charge in [-0.15, -0.1) is 0 Å². The van der Waals surface area contributed by atoms with Crippen molar-refractivity contribution in [2.24, 2.45) is 11.3 Å². The van der Waals surface area contributed by atoms with Crippen molar-refractivity contribution >= 4 is 0 Å². The lowest BCUT2D eigenvalue weighted by atomic mass is 9.76. The van der Waals surface area contributed by atoms with Crippen molar-refractivity contribution in [3.8, 4) is 0 Å². The lowest BCUT2D eigenvalue weighted by Crippen LogP contribution is -2.39. The standard InChI is InChI=1S/C14H28N4O/c1-6-18-13(16-11-17-18)9-14(4,12(2)3)10-15-7-8-19-5/h11-12,15H,6-10H2,1-5H3. The van der Waals surface area contributed by atoms with Gasteiger partial charge in [-0.3, -0.25) is 4.68 Å². The number of nitrogens with one attached hydrogen (secondary N) is 1. The molecule has 1 unspecified atom stereocenters. The first-order chi connectivity index (χ1) is 9.03. The summed E-state index contributed by atoms with van der Waals surface area (Å²) in [7, 11) is 1.73. The van der Waals surface area contributed by atoms with E-state index in [1.807, 2.05) is 4.68 Å². The Balaban J connectivity index is 2.65. The number of aryl methyl sites for hydroxylation is 1. The van der Waals surface area contributed by atoms with Gasteiger partial charge in [-0.2, -0.15) is 5.10 Å². The molecule has 0 saturated carbocycles. The summed E-state index contributed by atoms with van der Waals surface area (Å²) in [6, 6.07) is 0. The van der Waals surface area contributed by atoms with Crippen molar-refractivity contribution in [1.82, 2.24) is 20.1 Å². The van der Waals surface area contributed by atoms with Gasteiger partial charge < -0.3 is 10.1 Å². The molecule has 0 spiro atoms. The molecule has 1 atom stereocenters. The predicted octanol–water partition coefficient (Wildman–Crippen LogP) is 1.74. The molecule has 1 aromatic rings. The molecular weight excluding hydrogens is 240 g/mol. The van der Waals surface area contributed by atoms with Gasteiger partial charge in [0.15, 0.2) is 0 Å². The second-order valence-corrected chi connectivity index (χ2v) is 5.65. The molecule has 5 heteroatoms. The number of aromatic nitrogens is 3. The molecule has 1 aromatic heterocycles. The van der Waals surface area contributed by atoms with Crippen molar-refractivity contribution in [3.05, 3.63) is 12.2 Å². The van der Waals surface area contributed by atoms with Crippen LogP contribution in [0.5, 0.6) is 0 Å². The monoisotopic (exact) mass is 268 g/mol. The summed E-state index contributed by atoms with van der Waals surface area (Å²) in [6.45, 7) is 12.4. The smallest absolute Gasteiger partial charge is 0.138 e. The zero-order valence-electron chi connectivity index (χ0n) is 12.9. The molecule has 1 heterocycles. The lowest BCUT2D eigenvalue weighted by molar-refractivity contribution is 0.172. The minimum Gasteiger partial charge on any atom is -0.383 e. The van der Waals surface area contributed by atoms with E-state index in [4.69, 9.17) is 4.74 Å². The summed E-state index contributed by atoms with van der Waals surface area (Å²) in [6.07, 6.45) is 2.59. The van der Waals surface area contributed by atoms with Crippen LogP contribution in [0.4, 0.5) is 0 Å². The predicted molar refractivity (Wildman–Crippen MR) is 77.1 cm³/mol. The molecule has 0 aliphatic rings. The van der Waals surface area contributed by atoms with Gasteiger partial charge in [-0.1, -0.05) is 20.8 Å². The van der Waals surface area contributed by atoms with Crippen molar-refractivity contribution in [2.45, 2.75) is 40.7 Å². The molecule has 1 rings (SSSR count). The average Bonchev–Trinajstić information content (AvgIpc) is 2.81. The zero-order valence-corrected chi connectivity index (χ0v) is 12.9. The van der Waals surface area contributed by atoms with Crippen molar-refractivity contribution in [1.29, 1.82) is 0 Å². The summed E-state index contributed by atoms with van der Waals surface area (Å²) in [4.78, 5) is 4.40. The molecule has 0 radical (unpaired) electrons. The van der Waals surface area contributed by atoms with Crippen LogP contribution >= 0.6 is 0 Å². The molecule has 0 saturated heterocycles. The zero-order chi connectivity index (χ0) is 14.3. The van der Waals surface area contributed by atoms with Crippen LogP contribution in [0.25, 0.3) is 0 Å². The Morgan fingerprint density at radius 3 is 2.79 bits per heavy atom. The third kappa shape index (κ3) is 4.58. The number of methoxy groups -OCH3 is 1. The number of hydrogen-bond acceptors (Lipinski definition) is 4. The van der Waals surface area contributed by atoms with Gasteiger partial charge in [0.25, 0.3) is 0 Å². The summed E-state index contributed by atoms with van der Waals surface area (Å²) >= 11 is 0. The van der Waals surface area contributed by atoms with E-state index >= 15 is 0 Å². The Kier molecular flexibility index (Phi) is 6.45. The van der Waals surface area contributed by atoms with E-state index in [9.17, 15) is 0 Å². The SMILES string of the molecule is CCn1ncnc1CC(C)(CNCCOC)C(C)C. The minimum atomic E-state index is 0.174. The lowest BCUT2D eigenvalue weighted by Gasteiger charge is -2.34. The van der Waals surface area contributed by atoms with Gasteiger partial charge in [-0.05, 0) is 18.3 Å².